The fraction of sp³-hybridized carbons (Fsp3) is 0.409. The summed E-state index contributed by atoms with van der Waals surface area (Å²) >= 11 is 0. The zero-order valence-electron chi connectivity index (χ0n) is 18.6. The van der Waals surface area contributed by atoms with Gasteiger partial charge >= 0.3 is 0 Å². The second kappa shape index (κ2) is 8.50. The topological polar surface area (TPSA) is 107 Å². The number of aromatic nitrogens is 3. The summed E-state index contributed by atoms with van der Waals surface area (Å²) in [5, 5.41) is 9.80. The van der Waals surface area contributed by atoms with Crippen molar-refractivity contribution in [2.24, 2.45) is 7.05 Å². The summed E-state index contributed by atoms with van der Waals surface area (Å²) in [5.41, 5.74) is 4.92. The normalized spacial score (nSPS) is 16.0. The second-order valence-corrected chi connectivity index (χ2v) is 10.0. The maximum absolute atomic E-state index is 11.4. The molecule has 0 amide bonds. The lowest BCUT2D eigenvalue weighted by Crippen LogP contribution is -2.59. The molecule has 0 saturated carbocycles. The number of benzene rings is 1. The standard InChI is InChI=1S/C22H27N7O2S/c1-5-15-8-16(21(10-23)29-12-17(13-29)26-32(4,30)31)6-7-19(15)28(3)22-9-20-18(11-24-22)25-14-27(20)2/h6-9,11,14,17,21,26H,5,12-13H2,1-4H3. The number of rotatable bonds is 7. The lowest BCUT2D eigenvalue weighted by molar-refractivity contribution is 0.112. The van der Waals surface area contributed by atoms with Crippen molar-refractivity contribution in [1.29, 1.82) is 5.26 Å². The zero-order chi connectivity index (χ0) is 23.0. The molecule has 1 atom stereocenters. The number of aryl methyl sites for hydroxylation is 2. The van der Waals surface area contributed by atoms with E-state index < -0.39 is 16.1 Å². The van der Waals surface area contributed by atoms with Gasteiger partial charge in [0.15, 0.2) is 0 Å². The van der Waals surface area contributed by atoms with Gasteiger partial charge in [0, 0.05) is 45.0 Å². The van der Waals surface area contributed by atoms with Crippen molar-refractivity contribution in [3.63, 3.8) is 0 Å². The van der Waals surface area contributed by atoms with Gasteiger partial charge < -0.3 is 9.47 Å². The Kier molecular flexibility index (Phi) is 5.90. The van der Waals surface area contributed by atoms with Gasteiger partial charge in [-0.1, -0.05) is 19.1 Å². The van der Waals surface area contributed by atoms with Gasteiger partial charge in [0.1, 0.15) is 17.4 Å². The summed E-state index contributed by atoms with van der Waals surface area (Å²) < 4.78 is 27.4. The van der Waals surface area contributed by atoms with Crippen molar-refractivity contribution in [3.8, 4) is 6.07 Å². The lowest BCUT2D eigenvalue weighted by Gasteiger charge is -2.41. The Bertz CT molecular complexity index is 1290. The Labute approximate surface area is 188 Å². The van der Waals surface area contributed by atoms with Gasteiger partial charge in [-0.15, -0.1) is 0 Å². The molecule has 168 valence electrons. The third-order valence-corrected chi connectivity index (χ3v) is 6.64. The molecule has 1 unspecified atom stereocenters. The monoisotopic (exact) mass is 453 g/mol. The Morgan fingerprint density at radius 2 is 2.06 bits per heavy atom. The molecule has 1 aromatic carbocycles. The van der Waals surface area contributed by atoms with E-state index >= 15 is 0 Å². The summed E-state index contributed by atoms with van der Waals surface area (Å²) in [6, 6.07) is 9.89. The number of imidazole rings is 1. The molecule has 0 aliphatic carbocycles. The molecule has 9 nitrogen and oxygen atoms in total. The number of nitrogens with one attached hydrogen (secondary N) is 1. The number of nitriles is 1. The highest BCUT2D eigenvalue weighted by Crippen LogP contribution is 2.32. The molecule has 32 heavy (non-hydrogen) atoms. The highest BCUT2D eigenvalue weighted by Gasteiger charge is 2.35. The van der Waals surface area contributed by atoms with Crippen molar-refractivity contribution in [2.45, 2.75) is 25.4 Å². The summed E-state index contributed by atoms with van der Waals surface area (Å²) in [5.74, 6) is 0.817. The minimum Gasteiger partial charge on any atom is -0.334 e. The number of hydrogen-bond donors (Lipinski definition) is 1. The molecule has 1 fully saturated rings. The van der Waals surface area contributed by atoms with Gasteiger partial charge in [-0.2, -0.15) is 5.26 Å². The van der Waals surface area contributed by atoms with E-state index in [4.69, 9.17) is 0 Å². The number of likely N-dealkylation sites (tertiary alicyclic amines) is 1. The summed E-state index contributed by atoms with van der Waals surface area (Å²) in [6.45, 7) is 3.12. The molecule has 0 bridgehead atoms. The zero-order valence-corrected chi connectivity index (χ0v) is 19.5. The summed E-state index contributed by atoms with van der Waals surface area (Å²) in [7, 11) is 0.695. The fourth-order valence-corrected chi connectivity index (χ4v) is 4.93. The van der Waals surface area contributed by atoms with Gasteiger partial charge in [-0.25, -0.2) is 23.1 Å². The second-order valence-electron chi connectivity index (χ2n) is 8.26. The van der Waals surface area contributed by atoms with Crippen molar-refractivity contribution in [2.75, 3.05) is 31.3 Å². The van der Waals surface area contributed by atoms with Crippen LogP contribution >= 0.6 is 0 Å². The Morgan fingerprint density at radius 1 is 1.31 bits per heavy atom. The average molecular weight is 454 g/mol. The van der Waals surface area contributed by atoms with Crippen LogP contribution in [0.1, 0.15) is 24.1 Å². The Hall–Kier alpha value is -3.00. The largest absolute Gasteiger partial charge is 0.334 e. The lowest BCUT2D eigenvalue weighted by atomic mass is 9.97. The van der Waals surface area contributed by atoms with E-state index in [-0.39, 0.29) is 6.04 Å². The third-order valence-electron chi connectivity index (χ3n) is 5.88. The van der Waals surface area contributed by atoms with Gasteiger partial charge in [0.05, 0.1) is 30.4 Å². The van der Waals surface area contributed by atoms with Gasteiger partial charge in [0.25, 0.3) is 0 Å². The van der Waals surface area contributed by atoms with Crippen LogP contribution in [-0.2, 0) is 23.5 Å². The first-order chi connectivity index (χ1) is 15.2. The molecular formula is C22H27N7O2S. The van der Waals surface area contributed by atoms with Gasteiger partial charge in [-0.3, -0.25) is 4.90 Å². The number of fused-ring (bicyclic) bond motifs is 1. The van der Waals surface area contributed by atoms with Crippen LogP contribution in [0.2, 0.25) is 0 Å². The van der Waals surface area contributed by atoms with E-state index in [1.54, 1.807) is 12.5 Å². The van der Waals surface area contributed by atoms with E-state index in [2.05, 4.69) is 33.7 Å². The van der Waals surface area contributed by atoms with Crippen molar-refractivity contribution in [3.05, 3.63) is 47.9 Å². The summed E-state index contributed by atoms with van der Waals surface area (Å²) in [4.78, 5) is 12.9. The van der Waals surface area contributed by atoms with Gasteiger partial charge in [-0.05, 0) is 23.6 Å². The molecule has 3 aromatic rings. The fourth-order valence-electron chi connectivity index (χ4n) is 4.18. The molecule has 2 aromatic heterocycles. The quantitative estimate of drug-likeness (QED) is 0.584. The first kappa shape index (κ1) is 22.2. The van der Waals surface area contributed by atoms with Crippen LogP contribution in [0.3, 0.4) is 0 Å². The minimum atomic E-state index is -3.25. The van der Waals surface area contributed by atoms with E-state index in [0.717, 1.165) is 46.3 Å². The highest BCUT2D eigenvalue weighted by molar-refractivity contribution is 7.88. The molecule has 1 aliphatic rings. The molecule has 1 N–H and O–H groups in total. The smallest absolute Gasteiger partial charge is 0.209 e. The van der Waals surface area contributed by atoms with Crippen molar-refractivity contribution < 1.29 is 8.42 Å². The SMILES string of the molecule is CCc1cc(C(C#N)N2CC(NS(C)(=O)=O)C2)ccc1N(C)c1cc2c(cn1)ncn2C. The molecular weight excluding hydrogens is 426 g/mol. The maximum Gasteiger partial charge on any atom is 0.209 e. The predicted molar refractivity (Wildman–Crippen MR) is 124 cm³/mol. The number of anilines is 2. The Morgan fingerprint density at radius 3 is 2.72 bits per heavy atom. The summed E-state index contributed by atoms with van der Waals surface area (Å²) in [6.07, 6.45) is 5.51. The van der Waals surface area contributed by atoms with Crippen LogP contribution in [-0.4, -0.2) is 60.3 Å². The molecule has 1 aliphatic heterocycles. The first-order valence-corrected chi connectivity index (χ1v) is 12.3. The molecule has 4 rings (SSSR count). The van der Waals surface area contributed by atoms with Crippen molar-refractivity contribution >= 4 is 32.6 Å². The molecule has 0 spiro atoms. The predicted octanol–water partition coefficient (Wildman–Crippen LogP) is 2.10. The molecule has 3 heterocycles. The van der Waals surface area contributed by atoms with Crippen LogP contribution in [0.4, 0.5) is 11.5 Å². The minimum absolute atomic E-state index is 0.148. The van der Waals surface area contributed by atoms with Crippen LogP contribution in [0, 0.1) is 11.3 Å². The van der Waals surface area contributed by atoms with E-state index in [0.29, 0.717) is 13.1 Å². The van der Waals surface area contributed by atoms with Crippen LogP contribution in [0.5, 0.6) is 0 Å². The van der Waals surface area contributed by atoms with E-state index in [1.165, 1.54) is 0 Å². The van der Waals surface area contributed by atoms with E-state index in [1.807, 2.05) is 46.7 Å². The van der Waals surface area contributed by atoms with Crippen LogP contribution in [0.15, 0.2) is 36.8 Å². The maximum atomic E-state index is 11.4. The van der Waals surface area contributed by atoms with Crippen LogP contribution < -0.4 is 9.62 Å². The highest BCUT2D eigenvalue weighted by atomic mass is 32.2. The van der Waals surface area contributed by atoms with Crippen molar-refractivity contribution in [1.82, 2.24) is 24.2 Å². The first-order valence-electron chi connectivity index (χ1n) is 10.4. The molecule has 0 radical (unpaired) electrons. The average Bonchev–Trinajstić information content (AvgIpc) is 3.11. The Balaban J connectivity index is 1.57. The number of nitrogens with zero attached hydrogens (tertiary/aromatic N) is 6. The van der Waals surface area contributed by atoms with E-state index in [9.17, 15) is 13.7 Å². The van der Waals surface area contributed by atoms with Gasteiger partial charge in [0.2, 0.25) is 10.0 Å². The number of hydrogen-bond acceptors (Lipinski definition) is 7. The number of pyridine rings is 1. The third kappa shape index (κ3) is 4.32. The number of sulfonamides is 1. The molecule has 10 heteroatoms. The molecule has 1 saturated heterocycles. The van der Waals surface area contributed by atoms with Crippen LogP contribution in [0.25, 0.3) is 11.0 Å².